The molecule has 4 nitrogen and oxygen atoms in total. The van der Waals surface area contributed by atoms with Crippen LogP contribution in [0.15, 0.2) is 24.3 Å². The highest BCUT2D eigenvalue weighted by atomic mass is 19.4. The molecule has 3 unspecified atom stereocenters. The van der Waals surface area contributed by atoms with Crippen molar-refractivity contribution in [2.24, 2.45) is 0 Å². The van der Waals surface area contributed by atoms with Crippen molar-refractivity contribution in [2.45, 2.75) is 50.1 Å². The van der Waals surface area contributed by atoms with E-state index in [2.05, 4.69) is 0 Å². The smallest absolute Gasteiger partial charge is 0.419 e. The van der Waals surface area contributed by atoms with Crippen LogP contribution in [0.4, 0.5) is 13.2 Å². The number of halogens is 3. The number of likely N-dealkylation sites (N-methyl/N-ethyl adjacent to an activating group) is 1. The van der Waals surface area contributed by atoms with Crippen LogP contribution in [0.3, 0.4) is 0 Å². The van der Waals surface area contributed by atoms with Crippen molar-refractivity contribution in [3.63, 3.8) is 0 Å². The lowest BCUT2D eigenvalue weighted by atomic mass is 9.91. The van der Waals surface area contributed by atoms with E-state index in [1.165, 1.54) is 18.2 Å². The number of para-hydroxylation sites is 1. The molecule has 0 aromatic heterocycles. The van der Waals surface area contributed by atoms with Crippen LogP contribution in [0.1, 0.15) is 31.2 Å². The molecule has 0 saturated heterocycles. The lowest BCUT2D eigenvalue weighted by Crippen LogP contribution is -2.47. The maximum Gasteiger partial charge on any atom is 0.419 e. The molecule has 0 aliphatic heterocycles. The van der Waals surface area contributed by atoms with Crippen molar-refractivity contribution >= 4 is 0 Å². The average molecular weight is 347 g/mol. The molecule has 1 aromatic rings. The fourth-order valence-electron chi connectivity index (χ4n) is 3.14. The molecule has 2 N–H and O–H groups in total. The minimum Gasteiger partial charge on any atom is -0.490 e. The van der Waals surface area contributed by atoms with Gasteiger partial charge in [0.05, 0.1) is 11.7 Å². The Morgan fingerprint density at radius 1 is 1.25 bits per heavy atom. The van der Waals surface area contributed by atoms with Crippen LogP contribution in [0, 0.1) is 0 Å². The normalized spacial score (nSPS) is 23.3. The molecule has 0 bridgehead atoms. The molecule has 0 heterocycles. The molecule has 3 atom stereocenters. The zero-order chi connectivity index (χ0) is 17.7. The first-order valence-corrected chi connectivity index (χ1v) is 8.14. The Kier molecular flexibility index (Phi) is 6.48. The Hall–Kier alpha value is -1.31. The maximum absolute atomic E-state index is 12.9. The summed E-state index contributed by atoms with van der Waals surface area (Å²) in [6, 6.07) is 4.92. The zero-order valence-electron chi connectivity index (χ0n) is 13.7. The fraction of sp³-hybridized carbons (Fsp3) is 0.647. The molecule has 1 aliphatic carbocycles. The summed E-state index contributed by atoms with van der Waals surface area (Å²) in [6.45, 7) is -0.00381. The van der Waals surface area contributed by atoms with E-state index in [1.807, 2.05) is 4.90 Å². The highest BCUT2D eigenvalue weighted by Crippen LogP contribution is 2.35. The number of benzene rings is 1. The van der Waals surface area contributed by atoms with Crippen LogP contribution in [0.2, 0.25) is 0 Å². The van der Waals surface area contributed by atoms with Gasteiger partial charge < -0.3 is 14.9 Å². The van der Waals surface area contributed by atoms with Gasteiger partial charge in [-0.2, -0.15) is 13.2 Å². The van der Waals surface area contributed by atoms with Gasteiger partial charge in [-0.15, -0.1) is 0 Å². The Morgan fingerprint density at radius 2 is 1.92 bits per heavy atom. The van der Waals surface area contributed by atoms with E-state index in [-0.39, 0.29) is 24.9 Å². The van der Waals surface area contributed by atoms with Gasteiger partial charge in [0.2, 0.25) is 0 Å². The van der Waals surface area contributed by atoms with Gasteiger partial charge in [0.25, 0.3) is 0 Å². The van der Waals surface area contributed by atoms with Crippen molar-refractivity contribution < 1.29 is 28.1 Å². The van der Waals surface area contributed by atoms with Crippen LogP contribution in [0.5, 0.6) is 5.75 Å². The van der Waals surface area contributed by atoms with Gasteiger partial charge >= 0.3 is 6.18 Å². The van der Waals surface area contributed by atoms with Crippen molar-refractivity contribution in [3.8, 4) is 5.75 Å². The van der Waals surface area contributed by atoms with Crippen LogP contribution in [-0.2, 0) is 6.18 Å². The average Bonchev–Trinajstić information content (AvgIpc) is 2.52. The number of hydrogen-bond donors (Lipinski definition) is 2. The Balaban J connectivity index is 1.88. The summed E-state index contributed by atoms with van der Waals surface area (Å²) in [5.41, 5.74) is -0.853. The summed E-state index contributed by atoms with van der Waals surface area (Å²) in [6.07, 6.45) is -2.26. The molecule has 136 valence electrons. The molecular weight excluding hydrogens is 323 g/mol. The van der Waals surface area contributed by atoms with E-state index in [0.717, 1.165) is 31.7 Å². The molecule has 1 fully saturated rings. The molecule has 24 heavy (non-hydrogen) atoms. The number of aliphatic hydroxyl groups is 2. The molecule has 2 rings (SSSR count). The Bertz CT molecular complexity index is 524. The number of hydrogen-bond acceptors (Lipinski definition) is 4. The molecule has 1 aliphatic rings. The molecule has 7 heteroatoms. The van der Waals surface area contributed by atoms with E-state index in [9.17, 15) is 23.4 Å². The fourth-order valence-corrected chi connectivity index (χ4v) is 3.14. The van der Waals surface area contributed by atoms with E-state index in [0.29, 0.717) is 0 Å². The van der Waals surface area contributed by atoms with Crippen LogP contribution >= 0.6 is 0 Å². The quantitative estimate of drug-likeness (QED) is 0.831. The van der Waals surface area contributed by atoms with Crippen LogP contribution in [0.25, 0.3) is 0 Å². The highest BCUT2D eigenvalue weighted by Gasteiger charge is 2.34. The maximum atomic E-state index is 12.9. The first kappa shape index (κ1) is 19.0. The predicted octanol–water partition coefficient (Wildman–Crippen LogP) is 2.68. The molecule has 0 amide bonds. The first-order valence-electron chi connectivity index (χ1n) is 8.14. The lowest BCUT2D eigenvalue weighted by Gasteiger charge is -2.36. The van der Waals surface area contributed by atoms with Crippen molar-refractivity contribution in [2.75, 3.05) is 20.2 Å². The van der Waals surface area contributed by atoms with Gasteiger partial charge in [0, 0.05) is 12.6 Å². The summed E-state index contributed by atoms with van der Waals surface area (Å²) in [4.78, 5) is 1.85. The summed E-state index contributed by atoms with van der Waals surface area (Å²) in [5.74, 6) is -0.288. The van der Waals surface area contributed by atoms with E-state index < -0.39 is 23.9 Å². The zero-order valence-corrected chi connectivity index (χ0v) is 13.7. The Morgan fingerprint density at radius 3 is 2.58 bits per heavy atom. The van der Waals surface area contributed by atoms with Gasteiger partial charge in [0.1, 0.15) is 18.5 Å². The van der Waals surface area contributed by atoms with Gasteiger partial charge in [-0.1, -0.05) is 25.0 Å². The third-order valence-electron chi connectivity index (χ3n) is 4.38. The van der Waals surface area contributed by atoms with E-state index in [4.69, 9.17) is 4.74 Å². The minimum atomic E-state index is -4.50. The van der Waals surface area contributed by atoms with E-state index in [1.54, 1.807) is 7.05 Å². The largest absolute Gasteiger partial charge is 0.490 e. The highest BCUT2D eigenvalue weighted by molar-refractivity contribution is 5.35. The lowest BCUT2D eigenvalue weighted by molar-refractivity contribution is -0.139. The molecule has 0 spiro atoms. The second-order valence-corrected chi connectivity index (χ2v) is 6.32. The van der Waals surface area contributed by atoms with Gasteiger partial charge in [-0.25, -0.2) is 0 Å². The second-order valence-electron chi connectivity index (χ2n) is 6.32. The van der Waals surface area contributed by atoms with Crippen LogP contribution in [-0.4, -0.2) is 53.6 Å². The number of nitrogens with zero attached hydrogens (tertiary/aromatic N) is 1. The first-order chi connectivity index (χ1) is 11.3. The van der Waals surface area contributed by atoms with Gasteiger partial charge in [0.15, 0.2) is 0 Å². The predicted molar refractivity (Wildman–Crippen MR) is 83.8 cm³/mol. The standard InChI is InChI=1S/C17H24F3NO3/c1-21(14-7-3-4-8-15(14)23)10-12(22)11-24-16-9-5-2-6-13(16)17(18,19)20/h2,5-6,9,12,14-15,22-23H,3-4,7-8,10-11H2,1H3. The molecule has 1 aromatic carbocycles. The van der Waals surface area contributed by atoms with Gasteiger partial charge in [-0.3, -0.25) is 4.90 Å². The monoisotopic (exact) mass is 347 g/mol. The third-order valence-corrected chi connectivity index (χ3v) is 4.38. The number of rotatable bonds is 6. The third kappa shape index (κ3) is 5.09. The van der Waals surface area contributed by atoms with E-state index >= 15 is 0 Å². The summed E-state index contributed by atoms with van der Waals surface area (Å²) >= 11 is 0. The summed E-state index contributed by atoms with van der Waals surface area (Å²) in [5, 5.41) is 20.1. The number of ether oxygens (including phenoxy) is 1. The van der Waals surface area contributed by atoms with Gasteiger partial charge in [-0.05, 0) is 32.0 Å². The van der Waals surface area contributed by atoms with Crippen molar-refractivity contribution in [3.05, 3.63) is 29.8 Å². The Labute approximate surface area is 139 Å². The molecule has 1 saturated carbocycles. The van der Waals surface area contributed by atoms with Crippen LogP contribution < -0.4 is 4.74 Å². The SMILES string of the molecule is CN(CC(O)COc1ccccc1C(F)(F)F)C1CCCCC1O. The molecular formula is C17H24F3NO3. The van der Waals surface area contributed by atoms with Crippen molar-refractivity contribution in [1.82, 2.24) is 4.90 Å². The summed E-state index contributed by atoms with van der Waals surface area (Å²) in [7, 11) is 1.80. The summed E-state index contributed by atoms with van der Waals surface area (Å²) < 4.78 is 43.9. The number of alkyl halides is 3. The topological polar surface area (TPSA) is 52.9 Å². The number of aliphatic hydroxyl groups excluding tert-OH is 2. The second kappa shape index (κ2) is 8.18. The minimum absolute atomic E-state index is 0.0316. The molecule has 0 radical (unpaired) electrons. The van der Waals surface area contributed by atoms with Crippen molar-refractivity contribution in [1.29, 1.82) is 0 Å².